The third-order valence-electron chi connectivity index (χ3n) is 3.38. The summed E-state index contributed by atoms with van der Waals surface area (Å²) in [4.78, 5) is 3.99. The van der Waals surface area contributed by atoms with Crippen LogP contribution in [0.5, 0.6) is 11.5 Å². The number of para-hydroxylation sites is 1. The van der Waals surface area contributed by atoms with Gasteiger partial charge in [-0.2, -0.15) is 0 Å². The molecular formula is C18H16N4O. The summed E-state index contributed by atoms with van der Waals surface area (Å²) < 4.78 is 5.73. The second kappa shape index (κ2) is 6.19. The Hall–Kier alpha value is -3.34. The molecular weight excluding hydrogens is 288 g/mol. The molecule has 0 amide bonds. The van der Waals surface area contributed by atoms with Crippen LogP contribution in [0.4, 0.5) is 11.5 Å². The van der Waals surface area contributed by atoms with Gasteiger partial charge in [0, 0.05) is 17.4 Å². The van der Waals surface area contributed by atoms with E-state index < -0.39 is 0 Å². The second-order valence-electron chi connectivity index (χ2n) is 4.97. The zero-order valence-corrected chi connectivity index (χ0v) is 12.4. The van der Waals surface area contributed by atoms with Crippen LogP contribution in [-0.2, 0) is 0 Å². The quantitative estimate of drug-likeness (QED) is 0.643. The normalized spacial score (nSPS) is 10.3. The van der Waals surface area contributed by atoms with Crippen LogP contribution in [0.2, 0.25) is 0 Å². The summed E-state index contributed by atoms with van der Waals surface area (Å²) in [6.07, 6.45) is 1.53. The number of rotatable bonds is 4. The van der Waals surface area contributed by atoms with Crippen LogP contribution in [0.15, 0.2) is 66.9 Å². The van der Waals surface area contributed by atoms with Crippen molar-refractivity contribution >= 4 is 17.2 Å². The van der Waals surface area contributed by atoms with E-state index in [1.54, 1.807) is 30.3 Å². The predicted octanol–water partition coefficient (Wildman–Crippen LogP) is 3.45. The largest absolute Gasteiger partial charge is 0.457 e. The van der Waals surface area contributed by atoms with Crippen LogP contribution in [0.1, 0.15) is 11.1 Å². The van der Waals surface area contributed by atoms with Gasteiger partial charge in [0.25, 0.3) is 0 Å². The Balaban J connectivity index is 1.83. The summed E-state index contributed by atoms with van der Waals surface area (Å²) in [5, 5.41) is 8.30. The van der Waals surface area contributed by atoms with Crippen LogP contribution in [0.25, 0.3) is 0 Å². The van der Waals surface area contributed by atoms with Crippen molar-refractivity contribution in [1.29, 1.82) is 5.41 Å². The Labute approximate surface area is 134 Å². The molecule has 5 N–H and O–H groups in total. The third-order valence-corrected chi connectivity index (χ3v) is 3.38. The highest BCUT2D eigenvalue weighted by atomic mass is 16.5. The molecule has 0 aliphatic carbocycles. The molecule has 1 heterocycles. The second-order valence-corrected chi connectivity index (χ2v) is 4.97. The lowest BCUT2D eigenvalue weighted by molar-refractivity contribution is 0.482. The Morgan fingerprint density at radius 2 is 1.52 bits per heavy atom. The zero-order chi connectivity index (χ0) is 16.2. The van der Waals surface area contributed by atoms with Crippen molar-refractivity contribution in [2.45, 2.75) is 0 Å². The number of anilines is 2. The predicted molar refractivity (Wildman–Crippen MR) is 92.0 cm³/mol. The molecule has 3 aromatic rings. The van der Waals surface area contributed by atoms with Crippen LogP contribution in [0, 0.1) is 5.41 Å². The molecule has 0 aliphatic rings. The van der Waals surface area contributed by atoms with Crippen molar-refractivity contribution < 1.29 is 4.74 Å². The maximum Gasteiger partial charge on any atom is 0.134 e. The zero-order valence-electron chi connectivity index (χ0n) is 12.4. The van der Waals surface area contributed by atoms with Crippen LogP contribution >= 0.6 is 0 Å². The lowest BCUT2D eigenvalue weighted by atomic mass is 10.0. The van der Waals surface area contributed by atoms with E-state index in [-0.39, 0.29) is 11.5 Å². The number of pyridine rings is 1. The average molecular weight is 304 g/mol. The summed E-state index contributed by atoms with van der Waals surface area (Å²) in [5.41, 5.74) is 13.6. The van der Waals surface area contributed by atoms with Gasteiger partial charge < -0.3 is 16.2 Å². The minimum Gasteiger partial charge on any atom is -0.457 e. The molecule has 0 spiro atoms. The van der Waals surface area contributed by atoms with Crippen LogP contribution < -0.4 is 16.2 Å². The fourth-order valence-corrected chi connectivity index (χ4v) is 2.22. The van der Waals surface area contributed by atoms with Gasteiger partial charge in [0.15, 0.2) is 0 Å². The SMILES string of the molecule is N=C(c1ccc(Oc2ccccc2)cc1)c1c(N)ccnc1N. The van der Waals surface area contributed by atoms with Gasteiger partial charge in [-0.25, -0.2) is 4.98 Å². The van der Waals surface area contributed by atoms with Gasteiger partial charge in [0.1, 0.15) is 17.3 Å². The van der Waals surface area contributed by atoms with E-state index in [0.717, 1.165) is 5.75 Å². The number of nitrogens with zero attached hydrogens (tertiary/aromatic N) is 1. The first-order valence-corrected chi connectivity index (χ1v) is 7.07. The number of aromatic nitrogens is 1. The Bertz CT molecular complexity index is 809. The molecule has 0 atom stereocenters. The highest BCUT2D eigenvalue weighted by Crippen LogP contribution is 2.24. The van der Waals surface area contributed by atoms with E-state index in [4.69, 9.17) is 21.6 Å². The van der Waals surface area contributed by atoms with Crippen molar-refractivity contribution in [1.82, 2.24) is 4.98 Å². The molecule has 5 nitrogen and oxygen atoms in total. The first kappa shape index (κ1) is 14.6. The smallest absolute Gasteiger partial charge is 0.134 e. The topological polar surface area (TPSA) is 98.0 Å². The first-order valence-electron chi connectivity index (χ1n) is 7.07. The number of nitrogens with one attached hydrogen (secondary N) is 1. The number of hydrogen-bond acceptors (Lipinski definition) is 5. The van der Waals surface area contributed by atoms with Crippen molar-refractivity contribution in [3.63, 3.8) is 0 Å². The number of nitrogens with two attached hydrogens (primary N) is 2. The van der Waals surface area contributed by atoms with Gasteiger partial charge in [0.05, 0.1) is 11.3 Å². The molecule has 0 bridgehead atoms. The van der Waals surface area contributed by atoms with Crippen molar-refractivity contribution in [3.05, 3.63) is 78.0 Å². The van der Waals surface area contributed by atoms with Gasteiger partial charge in [-0.05, 0) is 42.5 Å². The van der Waals surface area contributed by atoms with Gasteiger partial charge in [0.2, 0.25) is 0 Å². The Morgan fingerprint density at radius 3 is 2.17 bits per heavy atom. The van der Waals surface area contributed by atoms with Crippen molar-refractivity contribution in [3.8, 4) is 11.5 Å². The minimum absolute atomic E-state index is 0.236. The van der Waals surface area contributed by atoms with Crippen molar-refractivity contribution in [2.75, 3.05) is 11.5 Å². The molecule has 0 radical (unpaired) electrons. The van der Waals surface area contributed by atoms with E-state index in [2.05, 4.69) is 4.98 Å². The lowest BCUT2D eigenvalue weighted by Crippen LogP contribution is -2.10. The highest BCUT2D eigenvalue weighted by Gasteiger charge is 2.13. The number of nitrogen functional groups attached to an aromatic ring is 2. The molecule has 0 saturated heterocycles. The maximum absolute atomic E-state index is 8.30. The number of benzene rings is 2. The lowest BCUT2D eigenvalue weighted by Gasteiger charge is -2.11. The fraction of sp³-hybridized carbons (Fsp3) is 0. The summed E-state index contributed by atoms with van der Waals surface area (Å²) >= 11 is 0. The molecule has 5 heteroatoms. The fourth-order valence-electron chi connectivity index (χ4n) is 2.22. The van der Waals surface area contributed by atoms with Crippen LogP contribution in [-0.4, -0.2) is 10.7 Å². The molecule has 0 fully saturated rings. The van der Waals surface area contributed by atoms with Gasteiger partial charge in [-0.1, -0.05) is 18.2 Å². The summed E-state index contributed by atoms with van der Waals surface area (Å²) in [6.45, 7) is 0. The van der Waals surface area contributed by atoms with E-state index in [0.29, 0.717) is 22.6 Å². The van der Waals surface area contributed by atoms with E-state index >= 15 is 0 Å². The monoisotopic (exact) mass is 304 g/mol. The summed E-state index contributed by atoms with van der Waals surface area (Å²) in [6, 6.07) is 18.4. The van der Waals surface area contributed by atoms with Crippen LogP contribution in [0.3, 0.4) is 0 Å². The standard InChI is InChI=1S/C18H16N4O/c19-15-10-11-22-18(21)16(15)17(20)12-6-8-14(9-7-12)23-13-4-2-1-3-5-13/h1-11,20H,(H4,19,21,22). The molecule has 114 valence electrons. The van der Waals surface area contributed by atoms with E-state index in [1.165, 1.54) is 6.20 Å². The molecule has 0 aliphatic heterocycles. The minimum atomic E-state index is 0.236. The third kappa shape index (κ3) is 3.13. The molecule has 2 aromatic carbocycles. The Kier molecular flexibility index (Phi) is 3.93. The van der Waals surface area contributed by atoms with Gasteiger partial charge in [-0.15, -0.1) is 0 Å². The Morgan fingerprint density at radius 1 is 0.870 bits per heavy atom. The highest BCUT2D eigenvalue weighted by molar-refractivity contribution is 6.16. The average Bonchev–Trinajstić information content (AvgIpc) is 2.56. The molecule has 0 unspecified atom stereocenters. The molecule has 1 aromatic heterocycles. The number of ether oxygens (including phenoxy) is 1. The van der Waals surface area contributed by atoms with Gasteiger partial charge in [-0.3, -0.25) is 5.41 Å². The van der Waals surface area contributed by atoms with E-state index in [1.807, 2.05) is 30.3 Å². The van der Waals surface area contributed by atoms with Gasteiger partial charge >= 0.3 is 0 Å². The summed E-state index contributed by atoms with van der Waals surface area (Å²) in [7, 11) is 0. The summed E-state index contributed by atoms with van der Waals surface area (Å²) in [5.74, 6) is 1.70. The molecule has 0 saturated carbocycles. The molecule has 23 heavy (non-hydrogen) atoms. The van der Waals surface area contributed by atoms with E-state index in [9.17, 15) is 0 Å². The van der Waals surface area contributed by atoms with Crippen molar-refractivity contribution in [2.24, 2.45) is 0 Å². The maximum atomic E-state index is 8.30. The number of hydrogen-bond donors (Lipinski definition) is 3. The first-order chi connectivity index (χ1) is 11.1. The molecule has 3 rings (SSSR count).